The van der Waals surface area contributed by atoms with Gasteiger partial charge in [-0.15, -0.1) is 0 Å². The molecule has 10 rings (SSSR count). The Balaban J connectivity index is 1.42. The monoisotopic (exact) mass is 599 g/mol. The van der Waals surface area contributed by atoms with Crippen LogP contribution in [0.5, 0.6) is 0 Å². The molecule has 10 aromatic rings. The topological polar surface area (TPSA) is 18.1 Å². The van der Waals surface area contributed by atoms with Crippen LogP contribution in [0, 0.1) is 0 Å². The van der Waals surface area contributed by atoms with Crippen LogP contribution in [-0.2, 0) is 0 Å². The highest BCUT2D eigenvalue weighted by Gasteiger charge is 2.24. The lowest BCUT2D eigenvalue weighted by molar-refractivity contribution is 0.671. The van der Waals surface area contributed by atoms with Gasteiger partial charge in [0.05, 0.1) is 11.0 Å². The number of nitrogens with zero attached hydrogens (tertiary/aromatic N) is 1. The summed E-state index contributed by atoms with van der Waals surface area (Å²) in [6, 6.07) is 48.6. The quantitative estimate of drug-likeness (QED) is 0.146. The van der Waals surface area contributed by atoms with Gasteiger partial charge in [-0.1, -0.05) is 133 Å². The Morgan fingerprint density at radius 2 is 1.17 bits per heavy atom. The Hall–Kier alpha value is -6.12. The minimum absolute atomic E-state index is 0.907. The predicted octanol–water partition coefficient (Wildman–Crippen LogP) is 12.9. The molecule has 0 radical (unpaired) electrons. The molecule has 0 fully saturated rings. The number of benzene rings is 8. The number of furan rings is 1. The van der Waals surface area contributed by atoms with Gasteiger partial charge in [-0.25, -0.2) is 0 Å². The molecule has 2 heteroatoms. The molecule has 0 aliphatic heterocycles. The van der Waals surface area contributed by atoms with Crippen molar-refractivity contribution in [2.45, 2.75) is 6.92 Å². The van der Waals surface area contributed by atoms with Gasteiger partial charge in [-0.05, 0) is 74.5 Å². The number of allylic oxidation sites excluding steroid dienone is 3. The van der Waals surface area contributed by atoms with Crippen molar-refractivity contribution in [3.05, 3.63) is 157 Å². The van der Waals surface area contributed by atoms with E-state index < -0.39 is 0 Å². The van der Waals surface area contributed by atoms with E-state index in [1.807, 2.05) is 6.92 Å². The number of fused-ring (bicyclic) bond motifs is 15. The largest absolute Gasteiger partial charge is 0.454 e. The van der Waals surface area contributed by atoms with Gasteiger partial charge in [0.15, 0.2) is 5.58 Å². The third-order valence-electron chi connectivity index (χ3n) is 9.84. The van der Waals surface area contributed by atoms with Gasteiger partial charge in [0.2, 0.25) is 0 Å². The summed E-state index contributed by atoms with van der Waals surface area (Å²) in [6.07, 6.45) is 8.47. The first-order valence-electron chi connectivity index (χ1n) is 16.2. The lowest BCUT2D eigenvalue weighted by Crippen LogP contribution is -1.96. The molecule has 0 N–H and O–H groups in total. The second-order valence-corrected chi connectivity index (χ2v) is 12.4. The lowest BCUT2D eigenvalue weighted by atomic mass is 9.96. The zero-order chi connectivity index (χ0) is 31.1. The van der Waals surface area contributed by atoms with Gasteiger partial charge in [-0.2, -0.15) is 0 Å². The van der Waals surface area contributed by atoms with Crippen molar-refractivity contribution in [1.29, 1.82) is 0 Å². The average molecular weight is 600 g/mol. The van der Waals surface area contributed by atoms with Gasteiger partial charge in [0.25, 0.3) is 0 Å². The molecule has 0 aliphatic carbocycles. The first-order valence-corrected chi connectivity index (χ1v) is 16.2. The first kappa shape index (κ1) is 26.1. The Morgan fingerprint density at radius 1 is 0.489 bits per heavy atom. The maximum atomic E-state index is 6.86. The average Bonchev–Trinajstić information content (AvgIpc) is 3.69. The Bertz CT molecular complexity index is 2970. The molecule has 8 aromatic carbocycles. The van der Waals surface area contributed by atoms with Crippen LogP contribution in [0.2, 0.25) is 0 Å². The molecule has 2 heterocycles. The van der Waals surface area contributed by atoms with E-state index in [1.54, 1.807) is 0 Å². The first-order chi connectivity index (χ1) is 23.3. The van der Waals surface area contributed by atoms with Gasteiger partial charge < -0.3 is 8.98 Å². The summed E-state index contributed by atoms with van der Waals surface area (Å²) in [5.74, 6) is 0. The van der Waals surface area contributed by atoms with Crippen molar-refractivity contribution in [1.82, 2.24) is 4.57 Å². The summed E-state index contributed by atoms with van der Waals surface area (Å²) in [4.78, 5) is 0. The van der Waals surface area contributed by atoms with Crippen molar-refractivity contribution >= 4 is 92.9 Å². The third-order valence-corrected chi connectivity index (χ3v) is 9.84. The summed E-state index contributed by atoms with van der Waals surface area (Å²) >= 11 is 0. The van der Waals surface area contributed by atoms with Crippen LogP contribution in [0.1, 0.15) is 12.5 Å². The molecular formula is C45H29NO. The molecule has 0 amide bonds. The van der Waals surface area contributed by atoms with Crippen LogP contribution in [-0.4, -0.2) is 4.57 Å². The molecular weight excluding hydrogens is 571 g/mol. The van der Waals surface area contributed by atoms with Crippen molar-refractivity contribution in [2.24, 2.45) is 0 Å². The zero-order valence-corrected chi connectivity index (χ0v) is 25.9. The molecule has 2 nitrogen and oxygen atoms in total. The van der Waals surface area contributed by atoms with E-state index in [0.29, 0.717) is 0 Å². The number of rotatable bonds is 3. The normalized spacial score (nSPS) is 12.6. The fourth-order valence-electron chi connectivity index (χ4n) is 7.86. The molecule has 220 valence electrons. The van der Waals surface area contributed by atoms with Crippen LogP contribution in [0.25, 0.3) is 98.6 Å². The van der Waals surface area contributed by atoms with E-state index in [9.17, 15) is 0 Å². The van der Waals surface area contributed by atoms with Gasteiger partial charge >= 0.3 is 0 Å². The van der Waals surface area contributed by atoms with Crippen LogP contribution >= 0.6 is 0 Å². The van der Waals surface area contributed by atoms with Crippen LogP contribution in [0.3, 0.4) is 0 Å². The van der Waals surface area contributed by atoms with Gasteiger partial charge in [0, 0.05) is 32.6 Å². The van der Waals surface area contributed by atoms with Crippen LogP contribution in [0.4, 0.5) is 0 Å². The molecule has 0 spiro atoms. The summed E-state index contributed by atoms with van der Waals surface area (Å²) < 4.78 is 9.33. The number of hydrogen-bond acceptors (Lipinski definition) is 1. The zero-order valence-electron chi connectivity index (χ0n) is 25.9. The molecule has 2 aromatic heterocycles. The number of aromatic nitrogens is 1. The Morgan fingerprint density at radius 3 is 2.00 bits per heavy atom. The Kier molecular flexibility index (Phi) is 5.53. The fraction of sp³-hybridized carbons (Fsp3) is 0.0222. The molecule has 0 saturated heterocycles. The maximum absolute atomic E-state index is 6.86. The van der Waals surface area contributed by atoms with Crippen molar-refractivity contribution in [3.8, 4) is 5.69 Å². The van der Waals surface area contributed by atoms with Gasteiger partial charge in [-0.3, -0.25) is 0 Å². The summed E-state index contributed by atoms with van der Waals surface area (Å²) in [7, 11) is 0. The van der Waals surface area contributed by atoms with Crippen molar-refractivity contribution in [3.63, 3.8) is 0 Å². The second kappa shape index (κ2) is 9.94. The van der Waals surface area contributed by atoms with Crippen LogP contribution in [0.15, 0.2) is 156 Å². The second-order valence-electron chi connectivity index (χ2n) is 12.4. The number of hydrogen-bond donors (Lipinski definition) is 0. The molecule has 0 saturated carbocycles. The Labute approximate surface area is 271 Å². The van der Waals surface area contributed by atoms with E-state index >= 15 is 0 Å². The van der Waals surface area contributed by atoms with Crippen LogP contribution < -0.4 is 0 Å². The summed E-state index contributed by atoms with van der Waals surface area (Å²) in [5.41, 5.74) is 6.48. The SMILES string of the molecule is C/C=C\C=C/c1cc2ccc(-n3c4c5ccccc5ccc4c4c5ccccc5c5c6ccccc6oc5c43)cc2c2ccccc12. The van der Waals surface area contributed by atoms with E-state index in [4.69, 9.17) is 4.42 Å². The van der Waals surface area contributed by atoms with Crippen molar-refractivity contribution in [2.75, 3.05) is 0 Å². The van der Waals surface area contributed by atoms with Gasteiger partial charge in [0.1, 0.15) is 5.58 Å². The highest BCUT2D eigenvalue weighted by atomic mass is 16.3. The van der Waals surface area contributed by atoms with Crippen molar-refractivity contribution < 1.29 is 4.42 Å². The van der Waals surface area contributed by atoms with E-state index in [2.05, 4.69) is 162 Å². The minimum atomic E-state index is 0.907. The minimum Gasteiger partial charge on any atom is -0.454 e. The highest BCUT2D eigenvalue weighted by Crippen LogP contribution is 2.47. The summed E-state index contributed by atoms with van der Waals surface area (Å²) in [6.45, 7) is 2.05. The molecule has 47 heavy (non-hydrogen) atoms. The highest BCUT2D eigenvalue weighted by molar-refractivity contribution is 6.36. The van der Waals surface area contributed by atoms with E-state index in [-0.39, 0.29) is 0 Å². The lowest BCUT2D eigenvalue weighted by Gasteiger charge is -2.14. The standard InChI is InChI=1S/C45H29NO/c1-2-3-4-14-29-26-30-22-24-31(27-39(30)34-17-8-7-15-32(29)34)46-43-33-16-6-5-13-28(33)23-25-38(43)41-35-18-9-10-19-36(35)42-37-20-11-12-21-40(37)47-45(42)44(41)46/h2-27H,1H3/b3-2-,14-4-. The predicted molar refractivity (Wildman–Crippen MR) is 202 cm³/mol. The smallest absolute Gasteiger partial charge is 0.160 e. The summed E-state index contributed by atoms with van der Waals surface area (Å²) in [5, 5.41) is 14.6. The van der Waals surface area contributed by atoms with E-state index in [1.165, 1.54) is 70.3 Å². The fourth-order valence-corrected chi connectivity index (χ4v) is 7.86. The molecule has 0 aliphatic rings. The number of para-hydroxylation sites is 1. The molecule has 0 bridgehead atoms. The van der Waals surface area contributed by atoms with E-state index in [0.717, 1.165) is 27.8 Å². The molecule has 0 atom stereocenters. The maximum Gasteiger partial charge on any atom is 0.160 e. The molecule has 0 unspecified atom stereocenters. The third kappa shape index (κ3) is 3.67.